The lowest BCUT2D eigenvalue weighted by molar-refractivity contribution is -0.138. The fourth-order valence-corrected chi connectivity index (χ4v) is 5.89. The third kappa shape index (κ3) is 2.81. The molecule has 2 aromatic carbocycles. The van der Waals surface area contributed by atoms with E-state index in [1.807, 2.05) is 18.2 Å². The van der Waals surface area contributed by atoms with Crippen LogP contribution in [-0.2, 0) is 23.2 Å². The minimum atomic E-state index is -1.02. The number of rotatable bonds is 3. The van der Waals surface area contributed by atoms with Crippen LogP contribution >= 0.6 is 12.2 Å². The summed E-state index contributed by atoms with van der Waals surface area (Å²) in [6.07, 6.45) is 5.68. The van der Waals surface area contributed by atoms with Crippen molar-refractivity contribution in [3.63, 3.8) is 0 Å². The van der Waals surface area contributed by atoms with Crippen molar-refractivity contribution in [1.29, 1.82) is 0 Å². The van der Waals surface area contributed by atoms with Gasteiger partial charge < -0.3 is 14.8 Å². The number of carbonyl (C=O) groups excluding carboxylic acids is 1. The molecule has 4 aliphatic rings. The van der Waals surface area contributed by atoms with Gasteiger partial charge in [-0.2, -0.15) is 0 Å². The van der Waals surface area contributed by atoms with Gasteiger partial charge >= 0.3 is 0 Å². The van der Waals surface area contributed by atoms with Crippen molar-refractivity contribution in [2.75, 3.05) is 13.7 Å². The van der Waals surface area contributed by atoms with Crippen LogP contribution in [0.3, 0.4) is 0 Å². The molecule has 0 aromatic heterocycles. The number of thiocarbonyl (C=S) groups is 1. The van der Waals surface area contributed by atoms with Gasteiger partial charge in [0.15, 0.2) is 10.7 Å². The molecule has 6 heteroatoms. The Morgan fingerprint density at radius 1 is 1.16 bits per heavy atom. The summed E-state index contributed by atoms with van der Waals surface area (Å²) >= 11 is 5.56. The summed E-state index contributed by atoms with van der Waals surface area (Å²) in [6.45, 7) is 2.86. The maximum absolute atomic E-state index is 13.9. The molecule has 2 fully saturated rings. The van der Waals surface area contributed by atoms with Crippen LogP contribution in [0, 0.1) is 12.8 Å². The van der Waals surface area contributed by atoms with E-state index in [1.165, 1.54) is 29.5 Å². The van der Waals surface area contributed by atoms with Gasteiger partial charge in [0.1, 0.15) is 17.1 Å². The van der Waals surface area contributed by atoms with Crippen LogP contribution in [0.2, 0.25) is 0 Å². The molecule has 166 valence electrons. The molecule has 1 saturated heterocycles. The van der Waals surface area contributed by atoms with Gasteiger partial charge in [0.25, 0.3) is 5.91 Å². The molecule has 1 N–H and O–H groups in total. The molecule has 2 aromatic rings. The largest absolute Gasteiger partial charge is 0.493 e. The second-order valence-corrected chi connectivity index (χ2v) is 10.2. The van der Waals surface area contributed by atoms with Crippen LogP contribution in [0.15, 0.2) is 36.4 Å². The molecular formula is C26H28N2O3S. The lowest BCUT2D eigenvalue weighted by atomic mass is 9.71. The van der Waals surface area contributed by atoms with E-state index >= 15 is 0 Å². The van der Waals surface area contributed by atoms with Gasteiger partial charge in [0, 0.05) is 12.6 Å². The number of nitrogens with zero attached hydrogens (tertiary/aromatic N) is 1. The van der Waals surface area contributed by atoms with Crippen molar-refractivity contribution < 1.29 is 14.3 Å². The number of amides is 1. The summed E-state index contributed by atoms with van der Waals surface area (Å²) in [5, 5.41) is 3.89. The Hall–Kier alpha value is -2.60. The summed E-state index contributed by atoms with van der Waals surface area (Å²) in [4.78, 5) is 15.4. The minimum absolute atomic E-state index is 0.0391. The number of fused-ring (bicyclic) bond motifs is 4. The number of benzene rings is 2. The average Bonchev–Trinajstić information content (AvgIpc) is 3.56. The van der Waals surface area contributed by atoms with Crippen LogP contribution in [-0.4, -0.2) is 35.2 Å². The number of nitrogens with one attached hydrogen (secondary N) is 1. The summed E-state index contributed by atoms with van der Waals surface area (Å²) < 4.78 is 12.8. The number of hydrogen-bond donors (Lipinski definition) is 1. The Morgan fingerprint density at radius 2 is 1.94 bits per heavy atom. The molecule has 0 radical (unpaired) electrons. The fraction of sp³-hybridized carbons (Fsp3) is 0.462. The smallest absolute Gasteiger partial charge is 0.263 e. The standard InChI is InChI=1S/C26H28N2O3S/c1-16-3-6-18-9-11-25(12-10-19(18)13-16)26(23(29)28(2)24(32)27-26)21-14-20(7-8-22(21)31-25)30-15-17-4-5-17/h3,6-8,13-14,17H,4-5,9-12,15H2,1-2H3,(H,27,32). The highest BCUT2D eigenvalue weighted by molar-refractivity contribution is 7.80. The summed E-state index contributed by atoms with van der Waals surface area (Å²) in [7, 11) is 1.75. The quantitative estimate of drug-likeness (QED) is 0.719. The Balaban J connectivity index is 1.44. The van der Waals surface area contributed by atoms with Gasteiger partial charge in [0.05, 0.1) is 6.61 Å². The van der Waals surface area contributed by atoms with Crippen molar-refractivity contribution in [1.82, 2.24) is 10.2 Å². The number of likely N-dealkylation sites (N-methyl/N-ethyl adjacent to an activating group) is 1. The lowest BCUT2D eigenvalue weighted by Gasteiger charge is -2.40. The molecule has 2 spiro atoms. The molecule has 1 amide bonds. The number of aryl methyl sites for hydroxylation is 3. The van der Waals surface area contributed by atoms with E-state index in [9.17, 15) is 4.79 Å². The Kier molecular flexibility index (Phi) is 4.35. The van der Waals surface area contributed by atoms with Crippen molar-refractivity contribution in [2.45, 2.75) is 56.6 Å². The fourth-order valence-electron chi connectivity index (χ4n) is 5.65. The third-order valence-electron chi connectivity index (χ3n) is 7.71. The molecule has 2 unspecified atom stereocenters. The van der Waals surface area contributed by atoms with Crippen molar-refractivity contribution in [3.05, 3.63) is 58.7 Å². The maximum Gasteiger partial charge on any atom is 0.263 e. The van der Waals surface area contributed by atoms with Crippen LogP contribution in [0.25, 0.3) is 0 Å². The molecule has 2 atom stereocenters. The first kappa shape index (κ1) is 20.0. The first-order chi connectivity index (χ1) is 15.4. The summed E-state index contributed by atoms with van der Waals surface area (Å²) in [6, 6.07) is 12.6. The van der Waals surface area contributed by atoms with Gasteiger partial charge in [-0.3, -0.25) is 9.69 Å². The van der Waals surface area contributed by atoms with Gasteiger partial charge in [0.2, 0.25) is 0 Å². The topological polar surface area (TPSA) is 50.8 Å². The molecule has 2 aliphatic heterocycles. The van der Waals surface area contributed by atoms with Gasteiger partial charge in [-0.25, -0.2) is 0 Å². The predicted molar refractivity (Wildman–Crippen MR) is 126 cm³/mol. The van der Waals surface area contributed by atoms with Gasteiger partial charge in [-0.05, 0) is 92.9 Å². The van der Waals surface area contributed by atoms with Gasteiger partial charge in [-0.1, -0.05) is 23.8 Å². The molecule has 2 aliphatic carbocycles. The SMILES string of the molecule is Cc1ccc2c(c1)CCC1(CC2)Oc2ccc(OCC3CC3)cc2C12NC(=S)N(C)C2=O. The Morgan fingerprint density at radius 3 is 2.66 bits per heavy atom. The summed E-state index contributed by atoms with van der Waals surface area (Å²) in [5.74, 6) is 2.17. The third-order valence-corrected chi connectivity index (χ3v) is 8.08. The zero-order valence-corrected chi connectivity index (χ0v) is 19.4. The zero-order chi connectivity index (χ0) is 22.1. The molecule has 5 nitrogen and oxygen atoms in total. The van der Waals surface area contributed by atoms with E-state index in [4.69, 9.17) is 21.7 Å². The van der Waals surface area contributed by atoms with E-state index in [0.29, 0.717) is 11.0 Å². The van der Waals surface area contributed by atoms with Crippen molar-refractivity contribution in [3.8, 4) is 11.5 Å². The van der Waals surface area contributed by atoms with E-state index in [2.05, 4.69) is 30.4 Å². The molecule has 32 heavy (non-hydrogen) atoms. The van der Waals surface area contributed by atoms with E-state index in [1.54, 1.807) is 11.9 Å². The van der Waals surface area contributed by atoms with E-state index < -0.39 is 11.1 Å². The number of carbonyl (C=O) groups is 1. The molecular weight excluding hydrogens is 420 g/mol. The first-order valence-corrected chi connectivity index (χ1v) is 12.0. The second kappa shape index (κ2) is 6.95. The molecule has 0 bridgehead atoms. The maximum atomic E-state index is 13.9. The second-order valence-electron chi connectivity index (χ2n) is 9.83. The highest BCUT2D eigenvalue weighted by Gasteiger charge is 2.68. The normalized spacial score (nSPS) is 28.4. The van der Waals surface area contributed by atoms with Crippen LogP contribution in [0.1, 0.15) is 47.9 Å². The lowest BCUT2D eigenvalue weighted by Crippen LogP contribution is -2.61. The number of ether oxygens (including phenoxy) is 2. The van der Waals surface area contributed by atoms with E-state index in [0.717, 1.165) is 49.4 Å². The van der Waals surface area contributed by atoms with E-state index in [-0.39, 0.29) is 5.91 Å². The highest BCUT2D eigenvalue weighted by atomic mass is 32.1. The predicted octanol–water partition coefficient (Wildman–Crippen LogP) is 4.04. The van der Waals surface area contributed by atoms with Crippen LogP contribution in [0.4, 0.5) is 0 Å². The highest BCUT2D eigenvalue weighted by Crippen LogP contribution is 2.56. The van der Waals surface area contributed by atoms with Crippen molar-refractivity contribution >= 4 is 23.2 Å². The van der Waals surface area contributed by atoms with Crippen LogP contribution in [0.5, 0.6) is 11.5 Å². The zero-order valence-electron chi connectivity index (χ0n) is 18.6. The monoisotopic (exact) mass is 448 g/mol. The summed E-state index contributed by atoms with van der Waals surface area (Å²) in [5.41, 5.74) is 3.08. The van der Waals surface area contributed by atoms with Crippen molar-refractivity contribution in [2.24, 2.45) is 5.92 Å². The average molecular weight is 449 g/mol. The molecule has 6 rings (SSSR count). The van der Waals surface area contributed by atoms with Crippen LogP contribution < -0.4 is 14.8 Å². The Labute approximate surface area is 194 Å². The first-order valence-electron chi connectivity index (χ1n) is 11.6. The molecule has 2 heterocycles. The molecule has 1 saturated carbocycles. The number of hydrogen-bond acceptors (Lipinski definition) is 4. The minimum Gasteiger partial charge on any atom is -0.493 e. The Bertz CT molecular complexity index is 1140. The van der Waals surface area contributed by atoms with Gasteiger partial charge in [-0.15, -0.1) is 0 Å².